The Labute approximate surface area is 113 Å². The number of hydrogen-bond acceptors (Lipinski definition) is 5. The number of rotatable bonds is 7. The summed E-state index contributed by atoms with van der Waals surface area (Å²) in [5.74, 6) is 0.324. The molecular formula is C14H21NO4. The Morgan fingerprint density at radius 1 is 1.47 bits per heavy atom. The van der Waals surface area contributed by atoms with Gasteiger partial charge in [0.15, 0.2) is 11.5 Å². The number of hydrogen-bond donors (Lipinski definition) is 2. The molecule has 0 aromatic heterocycles. The Bertz CT molecular complexity index is 420. The van der Waals surface area contributed by atoms with Gasteiger partial charge in [-0.1, -0.05) is 6.07 Å². The number of carbonyl (C=O) groups excluding carboxylic acids is 1. The highest BCUT2D eigenvalue weighted by Gasteiger charge is 2.10. The molecule has 0 spiro atoms. The number of aromatic hydroxyl groups is 1. The van der Waals surface area contributed by atoms with Gasteiger partial charge in [0.25, 0.3) is 0 Å². The van der Waals surface area contributed by atoms with Gasteiger partial charge in [-0.3, -0.25) is 4.79 Å². The largest absolute Gasteiger partial charge is 0.504 e. The molecule has 0 aliphatic rings. The second kappa shape index (κ2) is 7.63. The zero-order valence-corrected chi connectivity index (χ0v) is 11.4. The third-order valence-corrected chi connectivity index (χ3v) is 2.77. The molecule has 0 heterocycles. The minimum atomic E-state index is -0.254. The van der Waals surface area contributed by atoms with Crippen molar-refractivity contribution in [3.8, 4) is 11.5 Å². The van der Waals surface area contributed by atoms with E-state index in [-0.39, 0.29) is 17.8 Å². The molecule has 19 heavy (non-hydrogen) atoms. The van der Waals surface area contributed by atoms with Crippen LogP contribution in [-0.2, 0) is 16.0 Å². The smallest absolute Gasteiger partial charge is 0.305 e. The van der Waals surface area contributed by atoms with Crippen molar-refractivity contribution in [3.05, 3.63) is 23.8 Å². The Morgan fingerprint density at radius 3 is 2.84 bits per heavy atom. The van der Waals surface area contributed by atoms with Crippen LogP contribution in [0.5, 0.6) is 11.5 Å². The molecule has 0 amide bonds. The SMILES string of the molecule is CCOc1cc(CC(N)CCC(=O)OC)ccc1O. The monoisotopic (exact) mass is 267 g/mol. The summed E-state index contributed by atoms with van der Waals surface area (Å²) in [5.41, 5.74) is 6.93. The van der Waals surface area contributed by atoms with Crippen LogP contribution in [0.4, 0.5) is 0 Å². The normalized spacial score (nSPS) is 11.9. The molecule has 106 valence electrons. The van der Waals surface area contributed by atoms with Crippen molar-refractivity contribution in [2.45, 2.75) is 32.2 Å². The molecule has 1 aromatic rings. The molecule has 0 fully saturated rings. The number of nitrogens with two attached hydrogens (primary N) is 1. The van der Waals surface area contributed by atoms with Gasteiger partial charge in [-0.2, -0.15) is 0 Å². The zero-order valence-electron chi connectivity index (χ0n) is 11.4. The number of ether oxygens (including phenoxy) is 2. The van der Waals surface area contributed by atoms with Gasteiger partial charge < -0.3 is 20.3 Å². The van der Waals surface area contributed by atoms with Gasteiger partial charge in [-0.05, 0) is 37.5 Å². The summed E-state index contributed by atoms with van der Waals surface area (Å²) >= 11 is 0. The minimum absolute atomic E-state index is 0.119. The van der Waals surface area contributed by atoms with Gasteiger partial charge in [-0.25, -0.2) is 0 Å². The molecule has 5 nitrogen and oxygen atoms in total. The standard InChI is InChI=1S/C14H21NO4/c1-3-19-13-9-10(4-6-12(13)16)8-11(15)5-7-14(17)18-2/h4,6,9,11,16H,3,5,7-8,15H2,1-2H3. The third kappa shape index (κ3) is 5.18. The molecule has 0 saturated carbocycles. The zero-order chi connectivity index (χ0) is 14.3. The summed E-state index contributed by atoms with van der Waals surface area (Å²) in [7, 11) is 1.36. The van der Waals surface area contributed by atoms with Crippen LogP contribution >= 0.6 is 0 Å². The van der Waals surface area contributed by atoms with E-state index in [2.05, 4.69) is 4.74 Å². The number of esters is 1. The summed E-state index contributed by atoms with van der Waals surface area (Å²) in [4.78, 5) is 11.0. The predicted octanol–water partition coefficient (Wildman–Crippen LogP) is 1.61. The summed E-state index contributed by atoms with van der Waals surface area (Å²) in [6.07, 6.45) is 1.50. The maximum atomic E-state index is 11.0. The Kier molecular flexibility index (Phi) is 6.15. The van der Waals surface area contributed by atoms with Gasteiger partial charge in [0, 0.05) is 12.5 Å². The number of benzene rings is 1. The first kappa shape index (κ1) is 15.3. The number of carbonyl (C=O) groups is 1. The van der Waals surface area contributed by atoms with E-state index >= 15 is 0 Å². The molecule has 1 atom stereocenters. The predicted molar refractivity (Wildman–Crippen MR) is 72.2 cm³/mol. The average molecular weight is 267 g/mol. The number of phenols is 1. The molecule has 0 aliphatic carbocycles. The Hall–Kier alpha value is -1.75. The van der Waals surface area contributed by atoms with Crippen LogP contribution in [0.1, 0.15) is 25.3 Å². The highest BCUT2D eigenvalue weighted by atomic mass is 16.5. The van der Waals surface area contributed by atoms with E-state index in [9.17, 15) is 9.90 Å². The van der Waals surface area contributed by atoms with Gasteiger partial charge in [0.2, 0.25) is 0 Å². The minimum Gasteiger partial charge on any atom is -0.504 e. The Balaban J connectivity index is 2.56. The molecule has 1 aromatic carbocycles. The fourth-order valence-electron chi connectivity index (χ4n) is 1.77. The van der Waals surface area contributed by atoms with Crippen molar-refractivity contribution < 1.29 is 19.4 Å². The van der Waals surface area contributed by atoms with Crippen LogP contribution in [0.15, 0.2) is 18.2 Å². The summed E-state index contributed by atoms with van der Waals surface area (Å²) in [6.45, 7) is 2.35. The highest BCUT2D eigenvalue weighted by Crippen LogP contribution is 2.27. The first-order valence-corrected chi connectivity index (χ1v) is 6.33. The summed E-state index contributed by atoms with van der Waals surface area (Å²) < 4.78 is 9.88. The molecule has 0 radical (unpaired) electrons. The van der Waals surface area contributed by atoms with Crippen LogP contribution in [-0.4, -0.2) is 30.8 Å². The van der Waals surface area contributed by atoms with Crippen molar-refractivity contribution in [3.63, 3.8) is 0 Å². The van der Waals surface area contributed by atoms with Gasteiger partial charge in [-0.15, -0.1) is 0 Å². The maximum Gasteiger partial charge on any atom is 0.305 e. The quantitative estimate of drug-likeness (QED) is 0.733. The molecule has 0 bridgehead atoms. The molecular weight excluding hydrogens is 246 g/mol. The van der Waals surface area contributed by atoms with Crippen LogP contribution in [0.25, 0.3) is 0 Å². The van der Waals surface area contributed by atoms with Crippen LogP contribution < -0.4 is 10.5 Å². The third-order valence-electron chi connectivity index (χ3n) is 2.77. The lowest BCUT2D eigenvalue weighted by Crippen LogP contribution is -2.24. The van der Waals surface area contributed by atoms with E-state index in [1.54, 1.807) is 18.2 Å². The second-order valence-corrected chi connectivity index (χ2v) is 4.31. The van der Waals surface area contributed by atoms with Gasteiger partial charge >= 0.3 is 5.97 Å². The summed E-state index contributed by atoms with van der Waals surface area (Å²) in [5, 5.41) is 9.59. The van der Waals surface area contributed by atoms with Crippen LogP contribution in [0, 0.1) is 0 Å². The maximum absolute atomic E-state index is 11.0. The van der Waals surface area contributed by atoms with E-state index in [1.165, 1.54) is 7.11 Å². The fourth-order valence-corrected chi connectivity index (χ4v) is 1.77. The molecule has 5 heteroatoms. The van der Waals surface area contributed by atoms with Crippen molar-refractivity contribution in [1.82, 2.24) is 0 Å². The molecule has 0 aliphatic heterocycles. The average Bonchev–Trinajstić information content (AvgIpc) is 2.40. The van der Waals surface area contributed by atoms with Gasteiger partial charge in [0.1, 0.15) is 0 Å². The van der Waals surface area contributed by atoms with Crippen molar-refractivity contribution in [2.75, 3.05) is 13.7 Å². The van der Waals surface area contributed by atoms with Crippen molar-refractivity contribution >= 4 is 5.97 Å². The molecule has 1 unspecified atom stereocenters. The molecule has 3 N–H and O–H groups in total. The highest BCUT2D eigenvalue weighted by molar-refractivity contribution is 5.69. The van der Waals surface area contributed by atoms with E-state index in [0.717, 1.165) is 5.56 Å². The van der Waals surface area contributed by atoms with Crippen molar-refractivity contribution in [1.29, 1.82) is 0 Å². The van der Waals surface area contributed by atoms with Crippen LogP contribution in [0.2, 0.25) is 0 Å². The lowest BCUT2D eigenvalue weighted by molar-refractivity contribution is -0.140. The lowest BCUT2D eigenvalue weighted by Gasteiger charge is -2.13. The van der Waals surface area contributed by atoms with E-state index in [0.29, 0.717) is 31.6 Å². The van der Waals surface area contributed by atoms with E-state index < -0.39 is 0 Å². The van der Waals surface area contributed by atoms with E-state index in [1.807, 2.05) is 6.92 Å². The van der Waals surface area contributed by atoms with Crippen LogP contribution in [0.3, 0.4) is 0 Å². The first-order valence-electron chi connectivity index (χ1n) is 6.33. The van der Waals surface area contributed by atoms with E-state index in [4.69, 9.17) is 10.5 Å². The number of phenolic OH excluding ortho intramolecular Hbond substituents is 1. The fraction of sp³-hybridized carbons (Fsp3) is 0.500. The number of methoxy groups -OCH3 is 1. The Morgan fingerprint density at radius 2 is 2.21 bits per heavy atom. The molecule has 1 rings (SSSR count). The first-order chi connectivity index (χ1) is 9.06. The lowest BCUT2D eigenvalue weighted by atomic mass is 10.0. The summed E-state index contributed by atoms with van der Waals surface area (Å²) in [6, 6.07) is 5.04. The second-order valence-electron chi connectivity index (χ2n) is 4.31. The topological polar surface area (TPSA) is 81.8 Å². The van der Waals surface area contributed by atoms with Gasteiger partial charge in [0.05, 0.1) is 13.7 Å². The van der Waals surface area contributed by atoms with Crippen molar-refractivity contribution in [2.24, 2.45) is 5.73 Å². The molecule has 0 saturated heterocycles.